The minimum atomic E-state index is -1.28. The fourth-order valence-electron chi connectivity index (χ4n) is 2.99. The number of likely N-dealkylation sites (tertiary alicyclic amines) is 1. The summed E-state index contributed by atoms with van der Waals surface area (Å²) in [6.07, 6.45) is 0.305. The molecule has 6 nitrogen and oxygen atoms in total. The van der Waals surface area contributed by atoms with Crippen molar-refractivity contribution < 1.29 is 24.2 Å². The monoisotopic (exact) mass is 291 g/mol. The maximum atomic E-state index is 12.6. The van der Waals surface area contributed by atoms with E-state index in [1.807, 2.05) is 24.3 Å². The van der Waals surface area contributed by atoms with E-state index in [2.05, 4.69) is 0 Å². The highest BCUT2D eigenvalue weighted by molar-refractivity contribution is 5.87. The third kappa shape index (κ3) is 2.15. The lowest BCUT2D eigenvalue weighted by molar-refractivity contribution is -0.161. The Balaban J connectivity index is 1.78. The highest BCUT2D eigenvalue weighted by Gasteiger charge is 2.48. The highest BCUT2D eigenvalue weighted by Crippen LogP contribution is 2.36. The fourth-order valence-corrected chi connectivity index (χ4v) is 2.99. The van der Waals surface area contributed by atoms with Crippen molar-refractivity contribution in [2.45, 2.75) is 17.9 Å². The molecule has 6 heteroatoms. The molecule has 2 aliphatic rings. The van der Waals surface area contributed by atoms with Gasteiger partial charge in [0, 0.05) is 25.6 Å². The van der Waals surface area contributed by atoms with Crippen molar-refractivity contribution in [2.24, 2.45) is 0 Å². The summed E-state index contributed by atoms with van der Waals surface area (Å²) in [4.78, 5) is 25.6. The van der Waals surface area contributed by atoms with Gasteiger partial charge in [0.25, 0.3) is 0 Å². The number of methoxy groups -OCH3 is 1. The number of aliphatic carboxylic acids is 1. The van der Waals surface area contributed by atoms with Gasteiger partial charge in [-0.1, -0.05) is 18.2 Å². The average Bonchev–Trinajstić information content (AvgIpc) is 3.12. The third-order valence-electron chi connectivity index (χ3n) is 4.32. The van der Waals surface area contributed by atoms with Crippen molar-refractivity contribution in [3.63, 3.8) is 0 Å². The average molecular weight is 291 g/mol. The Labute approximate surface area is 122 Å². The molecule has 0 radical (unpaired) electrons. The van der Waals surface area contributed by atoms with Gasteiger partial charge in [0.05, 0.1) is 6.54 Å². The lowest BCUT2D eigenvalue weighted by atomic mass is 10.00. The second-order valence-electron chi connectivity index (χ2n) is 5.41. The Hall–Kier alpha value is -2.08. The predicted molar refractivity (Wildman–Crippen MR) is 73.3 cm³/mol. The van der Waals surface area contributed by atoms with E-state index in [4.69, 9.17) is 9.47 Å². The van der Waals surface area contributed by atoms with Crippen molar-refractivity contribution in [1.29, 1.82) is 0 Å². The van der Waals surface area contributed by atoms with Gasteiger partial charge in [-0.15, -0.1) is 0 Å². The number of carbonyl (C=O) groups is 2. The van der Waals surface area contributed by atoms with Crippen molar-refractivity contribution in [2.75, 3.05) is 26.8 Å². The number of hydrogen-bond acceptors (Lipinski definition) is 4. The van der Waals surface area contributed by atoms with Gasteiger partial charge in [-0.25, -0.2) is 4.79 Å². The zero-order valence-electron chi connectivity index (χ0n) is 11.7. The number of para-hydroxylation sites is 1. The topological polar surface area (TPSA) is 76.1 Å². The van der Waals surface area contributed by atoms with Crippen molar-refractivity contribution in [3.05, 3.63) is 29.8 Å². The van der Waals surface area contributed by atoms with E-state index in [0.717, 1.165) is 11.3 Å². The summed E-state index contributed by atoms with van der Waals surface area (Å²) >= 11 is 0. The summed E-state index contributed by atoms with van der Waals surface area (Å²) in [5, 5.41) is 9.30. The van der Waals surface area contributed by atoms with E-state index in [1.165, 1.54) is 7.11 Å². The molecular weight excluding hydrogens is 274 g/mol. The van der Waals surface area contributed by atoms with Gasteiger partial charge < -0.3 is 19.5 Å². The molecule has 1 saturated heterocycles. The van der Waals surface area contributed by atoms with Crippen LogP contribution in [0.4, 0.5) is 0 Å². The number of hydrogen-bond donors (Lipinski definition) is 1. The Morgan fingerprint density at radius 2 is 2.19 bits per heavy atom. The van der Waals surface area contributed by atoms with Crippen LogP contribution < -0.4 is 4.74 Å². The number of benzene rings is 1. The molecule has 2 atom stereocenters. The maximum Gasteiger partial charge on any atom is 0.337 e. The van der Waals surface area contributed by atoms with Gasteiger partial charge >= 0.3 is 5.97 Å². The van der Waals surface area contributed by atoms with Crippen molar-refractivity contribution in [3.8, 4) is 5.75 Å². The van der Waals surface area contributed by atoms with E-state index >= 15 is 0 Å². The van der Waals surface area contributed by atoms with Crippen LogP contribution in [0.25, 0.3) is 0 Å². The molecule has 1 amide bonds. The molecule has 0 aliphatic carbocycles. The Morgan fingerprint density at radius 3 is 2.86 bits per heavy atom. The van der Waals surface area contributed by atoms with Crippen LogP contribution in [0.1, 0.15) is 17.9 Å². The molecule has 2 aliphatic heterocycles. The molecule has 0 aromatic heterocycles. The minimum Gasteiger partial charge on any atom is -0.492 e. The molecule has 112 valence electrons. The number of carboxylic acid groups (broad SMARTS) is 1. The summed E-state index contributed by atoms with van der Waals surface area (Å²) in [5.41, 5.74) is -0.415. The van der Waals surface area contributed by atoms with Crippen LogP contribution in [0.5, 0.6) is 5.75 Å². The normalized spacial score (nSPS) is 27.3. The minimum absolute atomic E-state index is 0.0797. The molecule has 3 rings (SSSR count). The fraction of sp³-hybridized carbons (Fsp3) is 0.467. The van der Waals surface area contributed by atoms with Crippen LogP contribution in [0.2, 0.25) is 0 Å². The van der Waals surface area contributed by atoms with Gasteiger partial charge in [-0.2, -0.15) is 0 Å². The molecule has 1 fully saturated rings. The Kier molecular flexibility index (Phi) is 3.33. The third-order valence-corrected chi connectivity index (χ3v) is 4.32. The second kappa shape index (κ2) is 5.04. The number of rotatable bonds is 3. The van der Waals surface area contributed by atoms with Crippen LogP contribution >= 0.6 is 0 Å². The van der Waals surface area contributed by atoms with E-state index in [0.29, 0.717) is 19.6 Å². The first kappa shape index (κ1) is 13.9. The van der Waals surface area contributed by atoms with Crippen LogP contribution in [0, 0.1) is 0 Å². The molecule has 0 spiro atoms. The Morgan fingerprint density at radius 1 is 1.43 bits per heavy atom. The zero-order chi connectivity index (χ0) is 15.0. The Bertz CT molecular complexity index is 587. The van der Waals surface area contributed by atoms with Crippen LogP contribution in [-0.2, 0) is 14.3 Å². The van der Waals surface area contributed by atoms with E-state index in [-0.39, 0.29) is 18.4 Å². The molecule has 1 aromatic rings. The summed E-state index contributed by atoms with van der Waals surface area (Å²) in [6.45, 7) is 0.774. The first-order valence-electron chi connectivity index (χ1n) is 6.86. The summed E-state index contributed by atoms with van der Waals surface area (Å²) < 4.78 is 10.7. The number of fused-ring (bicyclic) bond motifs is 1. The molecule has 0 bridgehead atoms. The van der Waals surface area contributed by atoms with Crippen LogP contribution in [0.15, 0.2) is 24.3 Å². The quantitative estimate of drug-likeness (QED) is 0.894. The summed E-state index contributed by atoms with van der Waals surface area (Å²) in [6, 6.07) is 7.45. The van der Waals surface area contributed by atoms with Gasteiger partial charge in [-0.3, -0.25) is 4.79 Å². The molecule has 2 unspecified atom stereocenters. The molecular formula is C15H17NO5. The van der Waals surface area contributed by atoms with Gasteiger partial charge in [0.15, 0.2) is 5.60 Å². The van der Waals surface area contributed by atoms with Crippen molar-refractivity contribution in [1.82, 2.24) is 4.90 Å². The van der Waals surface area contributed by atoms with Gasteiger partial charge in [0.1, 0.15) is 18.3 Å². The summed E-state index contributed by atoms with van der Waals surface area (Å²) in [7, 11) is 1.37. The summed E-state index contributed by atoms with van der Waals surface area (Å²) in [5.74, 6) is -0.752. The predicted octanol–water partition coefficient (Wildman–Crippen LogP) is 0.865. The number of nitrogens with zero attached hydrogens (tertiary/aromatic N) is 1. The van der Waals surface area contributed by atoms with E-state index in [9.17, 15) is 14.7 Å². The van der Waals surface area contributed by atoms with Crippen LogP contribution in [-0.4, -0.2) is 54.3 Å². The largest absolute Gasteiger partial charge is 0.492 e. The van der Waals surface area contributed by atoms with Crippen LogP contribution in [0.3, 0.4) is 0 Å². The molecule has 1 aromatic carbocycles. The van der Waals surface area contributed by atoms with Gasteiger partial charge in [-0.05, 0) is 6.07 Å². The van der Waals surface area contributed by atoms with E-state index in [1.54, 1.807) is 4.90 Å². The first-order chi connectivity index (χ1) is 10.1. The smallest absolute Gasteiger partial charge is 0.337 e. The number of amides is 1. The number of carboxylic acids is 1. The standard InChI is InChI=1S/C15H17NO5/c1-20-15(14(18)19)6-7-16(9-15)13(17)11-8-21-12-5-3-2-4-10(11)12/h2-5,11H,6-9H2,1H3,(H,18,19). The molecule has 2 heterocycles. The highest BCUT2D eigenvalue weighted by atomic mass is 16.5. The maximum absolute atomic E-state index is 12.6. The molecule has 1 N–H and O–H groups in total. The van der Waals surface area contributed by atoms with Gasteiger partial charge in [0.2, 0.25) is 5.91 Å². The SMILES string of the molecule is COC1(C(=O)O)CCN(C(=O)C2COc3ccccc32)C1. The molecule has 0 saturated carbocycles. The zero-order valence-corrected chi connectivity index (χ0v) is 11.7. The lowest BCUT2D eigenvalue weighted by Crippen LogP contribution is -2.45. The molecule has 21 heavy (non-hydrogen) atoms. The van der Waals surface area contributed by atoms with Crippen molar-refractivity contribution >= 4 is 11.9 Å². The first-order valence-corrected chi connectivity index (χ1v) is 6.86. The number of ether oxygens (including phenoxy) is 2. The van der Waals surface area contributed by atoms with E-state index < -0.39 is 11.6 Å². The number of carbonyl (C=O) groups excluding carboxylic acids is 1. The second-order valence-corrected chi connectivity index (χ2v) is 5.41. The lowest BCUT2D eigenvalue weighted by Gasteiger charge is -2.24.